The summed E-state index contributed by atoms with van der Waals surface area (Å²) in [5, 5.41) is 14.6. The lowest BCUT2D eigenvalue weighted by atomic mass is 9.97. The zero-order valence-corrected chi connectivity index (χ0v) is 19.5. The van der Waals surface area contributed by atoms with Gasteiger partial charge in [-0.05, 0) is 34.1 Å². The molecule has 1 aliphatic rings. The van der Waals surface area contributed by atoms with Crippen LogP contribution in [0, 0.1) is 11.8 Å². The second kappa shape index (κ2) is 10.5. The third-order valence-corrected chi connectivity index (χ3v) is 6.34. The minimum Gasteiger partial charge on any atom is -0.480 e. The highest BCUT2D eigenvalue weighted by molar-refractivity contribution is 5.89. The number of carbonyl (C=O) groups is 3. The summed E-state index contributed by atoms with van der Waals surface area (Å²) in [7, 11) is 0. The Morgan fingerprint density at radius 1 is 0.909 bits per heavy atom. The lowest BCUT2D eigenvalue weighted by molar-refractivity contribution is -0.143. The number of aliphatic carboxylic acids is 1. The van der Waals surface area contributed by atoms with Crippen LogP contribution in [0.4, 0.5) is 4.79 Å². The smallest absolute Gasteiger partial charge is 0.407 e. The number of benzene rings is 2. The molecule has 3 atom stereocenters. The van der Waals surface area contributed by atoms with Crippen molar-refractivity contribution >= 4 is 18.0 Å². The SMILES string of the molecule is CC[C@H](C)[C@H](NC(=O)OCC1c2ccccc2-c2ccccc21)C(=O)N[C@H](C(=O)O)C(C)C. The van der Waals surface area contributed by atoms with Gasteiger partial charge in [0.05, 0.1) is 0 Å². The monoisotopic (exact) mass is 452 g/mol. The number of hydrogen-bond donors (Lipinski definition) is 3. The third kappa shape index (κ3) is 5.35. The molecule has 0 fully saturated rings. The summed E-state index contributed by atoms with van der Waals surface area (Å²) < 4.78 is 5.57. The molecule has 3 N–H and O–H groups in total. The summed E-state index contributed by atoms with van der Waals surface area (Å²) in [5.41, 5.74) is 4.47. The molecule has 0 bridgehead atoms. The fourth-order valence-corrected chi connectivity index (χ4v) is 4.23. The quantitative estimate of drug-likeness (QED) is 0.530. The van der Waals surface area contributed by atoms with E-state index in [1.54, 1.807) is 13.8 Å². The van der Waals surface area contributed by atoms with E-state index >= 15 is 0 Å². The number of carboxylic acid groups (broad SMARTS) is 1. The van der Waals surface area contributed by atoms with Crippen LogP contribution in [0.15, 0.2) is 48.5 Å². The van der Waals surface area contributed by atoms with E-state index in [1.807, 2.05) is 50.2 Å². The Balaban J connectivity index is 1.69. The van der Waals surface area contributed by atoms with E-state index in [-0.39, 0.29) is 24.4 Å². The minimum atomic E-state index is -1.11. The molecule has 7 nitrogen and oxygen atoms in total. The van der Waals surface area contributed by atoms with E-state index in [0.29, 0.717) is 6.42 Å². The predicted molar refractivity (Wildman–Crippen MR) is 126 cm³/mol. The van der Waals surface area contributed by atoms with Gasteiger partial charge >= 0.3 is 12.1 Å². The Labute approximate surface area is 194 Å². The molecule has 2 aromatic carbocycles. The van der Waals surface area contributed by atoms with Crippen LogP contribution >= 0.6 is 0 Å². The standard InChI is InChI=1S/C26H32N2O5/c1-5-16(4)23(24(29)27-22(15(2)3)25(30)31)28-26(32)33-14-21-19-12-8-6-10-17(19)18-11-7-9-13-20(18)21/h6-13,15-16,21-23H,5,14H2,1-4H3,(H,27,29)(H,28,32)(H,30,31)/t16-,22-,23-/m0/s1. The maximum atomic E-state index is 12.8. The Bertz CT molecular complexity index is 974. The van der Waals surface area contributed by atoms with Crippen LogP contribution in [-0.4, -0.2) is 41.8 Å². The number of alkyl carbamates (subject to hydrolysis) is 1. The first-order valence-electron chi connectivity index (χ1n) is 11.4. The van der Waals surface area contributed by atoms with Gasteiger partial charge in [0.2, 0.25) is 5.91 Å². The minimum absolute atomic E-state index is 0.0867. The molecule has 7 heteroatoms. The van der Waals surface area contributed by atoms with Crippen LogP contribution in [0.3, 0.4) is 0 Å². The van der Waals surface area contributed by atoms with Crippen molar-refractivity contribution in [2.24, 2.45) is 11.8 Å². The summed E-state index contributed by atoms with van der Waals surface area (Å²) in [6.07, 6.45) is -0.0741. The highest BCUT2D eigenvalue weighted by atomic mass is 16.5. The first-order chi connectivity index (χ1) is 15.7. The second-order valence-electron chi connectivity index (χ2n) is 8.90. The number of fused-ring (bicyclic) bond motifs is 3. The largest absolute Gasteiger partial charge is 0.480 e. The van der Waals surface area contributed by atoms with Crippen molar-refractivity contribution in [3.8, 4) is 11.1 Å². The number of carbonyl (C=O) groups excluding carboxylic acids is 2. The lowest BCUT2D eigenvalue weighted by Crippen LogP contribution is -2.55. The van der Waals surface area contributed by atoms with E-state index in [0.717, 1.165) is 22.3 Å². The van der Waals surface area contributed by atoms with Crippen LogP contribution in [0.5, 0.6) is 0 Å². The molecule has 2 aromatic rings. The van der Waals surface area contributed by atoms with Crippen LogP contribution in [0.2, 0.25) is 0 Å². The fraction of sp³-hybridized carbons (Fsp3) is 0.423. The summed E-state index contributed by atoms with van der Waals surface area (Å²) in [6.45, 7) is 7.31. The summed E-state index contributed by atoms with van der Waals surface area (Å²) in [6, 6.07) is 14.2. The van der Waals surface area contributed by atoms with Gasteiger partial charge in [-0.1, -0.05) is 82.6 Å². The van der Waals surface area contributed by atoms with Crippen molar-refractivity contribution < 1.29 is 24.2 Å². The molecule has 0 unspecified atom stereocenters. The lowest BCUT2D eigenvalue weighted by Gasteiger charge is -2.26. The number of carboxylic acids is 1. The topological polar surface area (TPSA) is 105 Å². The van der Waals surface area contributed by atoms with Crippen molar-refractivity contribution in [3.05, 3.63) is 59.7 Å². The average Bonchev–Trinajstić information content (AvgIpc) is 3.12. The molecule has 0 saturated carbocycles. The average molecular weight is 453 g/mol. The second-order valence-corrected chi connectivity index (χ2v) is 8.90. The number of ether oxygens (including phenoxy) is 1. The van der Waals surface area contributed by atoms with E-state index in [4.69, 9.17) is 4.74 Å². The van der Waals surface area contributed by atoms with Gasteiger partial charge in [0.1, 0.15) is 18.7 Å². The number of rotatable bonds is 9. The Morgan fingerprint density at radius 3 is 1.94 bits per heavy atom. The number of nitrogens with one attached hydrogen (secondary N) is 2. The molecule has 33 heavy (non-hydrogen) atoms. The van der Waals surface area contributed by atoms with E-state index in [9.17, 15) is 19.5 Å². The Hall–Kier alpha value is -3.35. The molecule has 0 aliphatic heterocycles. The van der Waals surface area contributed by atoms with Gasteiger partial charge in [-0.25, -0.2) is 9.59 Å². The zero-order chi connectivity index (χ0) is 24.1. The summed E-state index contributed by atoms with van der Waals surface area (Å²) >= 11 is 0. The fourth-order valence-electron chi connectivity index (χ4n) is 4.23. The maximum Gasteiger partial charge on any atom is 0.407 e. The first kappa shape index (κ1) is 24.3. The van der Waals surface area contributed by atoms with Gasteiger partial charge in [0, 0.05) is 5.92 Å². The van der Waals surface area contributed by atoms with Crippen LogP contribution in [0.25, 0.3) is 11.1 Å². The molecule has 0 heterocycles. The number of amides is 2. The van der Waals surface area contributed by atoms with Crippen molar-refractivity contribution in [3.63, 3.8) is 0 Å². The van der Waals surface area contributed by atoms with Crippen molar-refractivity contribution in [1.29, 1.82) is 0 Å². The molecule has 0 spiro atoms. The van der Waals surface area contributed by atoms with Gasteiger partial charge in [-0.2, -0.15) is 0 Å². The van der Waals surface area contributed by atoms with Gasteiger partial charge < -0.3 is 20.5 Å². The Morgan fingerprint density at radius 2 is 1.45 bits per heavy atom. The molecule has 0 saturated heterocycles. The van der Waals surface area contributed by atoms with Crippen molar-refractivity contribution in [1.82, 2.24) is 10.6 Å². The van der Waals surface area contributed by atoms with E-state index < -0.39 is 30.1 Å². The highest BCUT2D eigenvalue weighted by Crippen LogP contribution is 2.44. The third-order valence-electron chi connectivity index (χ3n) is 6.34. The highest BCUT2D eigenvalue weighted by Gasteiger charge is 2.33. The molecule has 0 aromatic heterocycles. The molecular formula is C26H32N2O5. The molecule has 2 amide bonds. The van der Waals surface area contributed by atoms with Crippen LogP contribution in [-0.2, 0) is 14.3 Å². The first-order valence-corrected chi connectivity index (χ1v) is 11.4. The molecule has 176 valence electrons. The zero-order valence-electron chi connectivity index (χ0n) is 19.5. The van der Waals surface area contributed by atoms with Crippen molar-refractivity contribution in [2.45, 2.75) is 52.1 Å². The van der Waals surface area contributed by atoms with Gasteiger partial charge in [0.15, 0.2) is 0 Å². The van der Waals surface area contributed by atoms with E-state index in [2.05, 4.69) is 22.8 Å². The van der Waals surface area contributed by atoms with E-state index in [1.165, 1.54) is 0 Å². The van der Waals surface area contributed by atoms with Gasteiger partial charge in [-0.3, -0.25) is 4.79 Å². The molecule has 0 radical (unpaired) electrons. The maximum absolute atomic E-state index is 12.8. The molecule has 1 aliphatic carbocycles. The molecular weight excluding hydrogens is 420 g/mol. The Kier molecular flexibility index (Phi) is 7.74. The summed E-state index contributed by atoms with van der Waals surface area (Å²) in [5.74, 6) is -2.22. The van der Waals surface area contributed by atoms with Crippen LogP contribution < -0.4 is 10.6 Å². The predicted octanol–water partition coefficient (Wildman–Crippen LogP) is 4.17. The van der Waals surface area contributed by atoms with Crippen LogP contribution in [0.1, 0.15) is 51.2 Å². The van der Waals surface area contributed by atoms with Gasteiger partial charge in [-0.15, -0.1) is 0 Å². The normalized spacial score (nSPS) is 15.2. The number of hydrogen-bond acceptors (Lipinski definition) is 4. The molecule has 3 rings (SSSR count). The summed E-state index contributed by atoms with van der Waals surface area (Å²) in [4.78, 5) is 37.0. The van der Waals surface area contributed by atoms with Gasteiger partial charge in [0.25, 0.3) is 0 Å². The van der Waals surface area contributed by atoms with Crippen molar-refractivity contribution in [2.75, 3.05) is 6.61 Å².